The van der Waals surface area contributed by atoms with Crippen LogP contribution in [0.25, 0.3) is 5.65 Å². The summed E-state index contributed by atoms with van der Waals surface area (Å²) >= 11 is 0. The summed E-state index contributed by atoms with van der Waals surface area (Å²) in [4.78, 5) is 10.9. The molecule has 4 rings (SSSR count). The van der Waals surface area contributed by atoms with Crippen LogP contribution in [0.2, 0.25) is 0 Å². The van der Waals surface area contributed by atoms with Crippen molar-refractivity contribution in [3.8, 4) is 0 Å². The Kier molecular flexibility index (Phi) is 3.36. The van der Waals surface area contributed by atoms with E-state index >= 15 is 0 Å². The second kappa shape index (κ2) is 5.51. The minimum absolute atomic E-state index is 0.349. The summed E-state index contributed by atoms with van der Waals surface area (Å²) in [7, 11) is 2.17. The third-order valence-corrected chi connectivity index (χ3v) is 4.29. The van der Waals surface area contributed by atoms with Crippen molar-refractivity contribution in [2.45, 2.75) is 19.1 Å². The number of rotatable bonds is 3. The molecule has 112 valence electrons. The molecule has 1 aliphatic rings. The molecule has 3 heterocycles. The average molecular weight is 293 g/mol. The van der Waals surface area contributed by atoms with Gasteiger partial charge in [0.1, 0.15) is 0 Å². The zero-order valence-corrected chi connectivity index (χ0v) is 12.6. The van der Waals surface area contributed by atoms with Gasteiger partial charge in [-0.1, -0.05) is 24.3 Å². The molecule has 0 saturated heterocycles. The van der Waals surface area contributed by atoms with Crippen molar-refractivity contribution in [3.05, 3.63) is 65.9 Å². The van der Waals surface area contributed by atoms with Gasteiger partial charge in [-0.25, -0.2) is 4.98 Å². The predicted octanol–water partition coefficient (Wildman–Crippen LogP) is 2.01. The highest BCUT2D eigenvalue weighted by molar-refractivity contribution is 5.37. The lowest BCUT2D eigenvalue weighted by molar-refractivity contribution is 0.259. The smallest absolute Gasteiger partial charge is 0.155 e. The molecular weight excluding hydrogens is 274 g/mol. The zero-order valence-electron chi connectivity index (χ0n) is 12.6. The van der Waals surface area contributed by atoms with Gasteiger partial charge in [-0.3, -0.25) is 9.38 Å². The lowest BCUT2D eigenvalue weighted by Crippen LogP contribution is -2.37. The van der Waals surface area contributed by atoms with Gasteiger partial charge in [-0.05, 0) is 18.2 Å². The Morgan fingerprint density at radius 3 is 3.14 bits per heavy atom. The molecule has 0 saturated carbocycles. The molecule has 0 bridgehead atoms. The van der Waals surface area contributed by atoms with E-state index in [2.05, 4.69) is 55.9 Å². The Hall–Kier alpha value is -2.24. The highest BCUT2D eigenvalue weighted by Crippen LogP contribution is 2.25. The first-order valence-corrected chi connectivity index (χ1v) is 7.57. The molecule has 1 N–H and O–H groups in total. The molecule has 1 unspecified atom stereocenters. The van der Waals surface area contributed by atoms with Crippen LogP contribution in [0.4, 0.5) is 0 Å². The van der Waals surface area contributed by atoms with Crippen molar-refractivity contribution in [3.63, 3.8) is 0 Å². The zero-order chi connectivity index (χ0) is 14.9. The average Bonchev–Trinajstić information content (AvgIpc) is 2.96. The van der Waals surface area contributed by atoms with Crippen molar-refractivity contribution in [2.75, 3.05) is 13.6 Å². The molecular formula is C17H19N5. The SMILES string of the molecule is CN1Cc2ccccc2C(NCc2cnc3cnccn23)C1. The minimum atomic E-state index is 0.349. The van der Waals surface area contributed by atoms with Gasteiger partial charge < -0.3 is 10.2 Å². The maximum atomic E-state index is 4.39. The van der Waals surface area contributed by atoms with E-state index in [-0.39, 0.29) is 0 Å². The third-order valence-electron chi connectivity index (χ3n) is 4.29. The highest BCUT2D eigenvalue weighted by atomic mass is 15.1. The van der Waals surface area contributed by atoms with Crippen LogP contribution in [0.3, 0.4) is 0 Å². The van der Waals surface area contributed by atoms with Gasteiger partial charge in [0.2, 0.25) is 0 Å². The van der Waals surface area contributed by atoms with Gasteiger partial charge in [0.05, 0.1) is 18.1 Å². The van der Waals surface area contributed by atoms with E-state index in [0.717, 1.165) is 31.0 Å². The fourth-order valence-electron chi connectivity index (χ4n) is 3.21. The van der Waals surface area contributed by atoms with Crippen LogP contribution in [0, 0.1) is 0 Å². The van der Waals surface area contributed by atoms with Crippen LogP contribution in [-0.4, -0.2) is 32.9 Å². The fourth-order valence-corrected chi connectivity index (χ4v) is 3.21. The van der Waals surface area contributed by atoms with E-state index in [1.165, 1.54) is 11.1 Å². The summed E-state index contributed by atoms with van der Waals surface area (Å²) in [6, 6.07) is 9.05. The lowest BCUT2D eigenvalue weighted by atomic mass is 9.96. The Bertz CT molecular complexity index is 794. The number of benzene rings is 1. The van der Waals surface area contributed by atoms with Crippen LogP contribution in [-0.2, 0) is 13.1 Å². The number of imidazole rings is 1. The summed E-state index contributed by atoms with van der Waals surface area (Å²) in [6.45, 7) is 2.84. The number of nitrogens with zero attached hydrogens (tertiary/aromatic N) is 4. The number of hydrogen-bond acceptors (Lipinski definition) is 4. The van der Waals surface area contributed by atoms with Gasteiger partial charge >= 0.3 is 0 Å². The second-order valence-electron chi connectivity index (χ2n) is 5.88. The van der Waals surface area contributed by atoms with Crippen LogP contribution in [0.1, 0.15) is 22.9 Å². The number of hydrogen-bond donors (Lipinski definition) is 1. The first-order valence-electron chi connectivity index (χ1n) is 7.57. The minimum Gasteiger partial charge on any atom is -0.303 e. The number of likely N-dealkylation sites (N-methyl/N-ethyl adjacent to an activating group) is 1. The van der Waals surface area contributed by atoms with Gasteiger partial charge in [0, 0.05) is 38.1 Å². The molecule has 1 aromatic carbocycles. The molecule has 0 amide bonds. The van der Waals surface area contributed by atoms with E-state index in [1.54, 1.807) is 12.4 Å². The normalized spacial score (nSPS) is 18.5. The lowest BCUT2D eigenvalue weighted by Gasteiger charge is -2.32. The predicted molar refractivity (Wildman–Crippen MR) is 85.3 cm³/mol. The van der Waals surface area contributed by atoms with Crippen LogP contribution < -0.4 is 5.32 Å². The maximum absolute atomic E-state index is 4.39. The molecule has 5 nitrogen and oxygen atoms in total. The summed E-state index contributed by atoms with van der Waals surface area (Å²) in [5, 5.41) is 3.68. The molecule has 0 fully saturated rings. The quantitative estimate of drug-likeness (QED) is 0.802. The molecule has 1 atom stereocenters. The van der Waals surface area contributed by atoms with Gasteiger partial charge in [0.25, 0.3) is 0 Å². The molecule has 5 heteroatoms. The third kappa shape index (κ3) is 2.38. The van der Waals surface area contributed by atoms with Crippen molar-refractivity contribution in [1.82, 2.24) is 24.6 Å². The summed E-state index contributed by atoms with van der Waals surface area (Å²) < 4.78 is 2.08. The van der Waals surface area contributed by atoms with Crippen molar-refractivity contribution in [1.29, 1.82) is 0 Å². The molecule has 0 radical (unpaired) electrons. The van der Waals surface area contributed by atoms with Crippen molar-refractivity contribution < 1.29 is 0 Å². The van der Waals surface area contributed by atoms with Crippen LogP contribution >= 0.6 is 0 Å². The molecule has 1 aliphatic heterocycles. The van der Waals surface area contributed by atoms with E-state index in [9.17, 15) is 0 Å². The number of aromatic nitrogens is 3. The summed E-state index contributed by atoms with van der Waals surface area (Å²) in [5.74, 6) is 0. The van der Waals surface area contributed by atoms with E-state index in [0.29, 0.717) is 6.04 Å². The van der Waals surface area contributed by atoms with Gasteiger partial charge in [-0.15, -0.1) is 0 Å². The van der Waals surface area contributed by atoms with E-state index < -0.39 is 0 Å². The largest absolute Gasteiger partial charge is 0.303 e. The summed E-state index contributed by atoms with van der Waals surface area (Å²) in [6.07, 6.45) is 7.46. The number of fused-ring (bicyclic) bond motifs is 2. The van der Waals surface area contributed by atoms with E-state index in [1.807, 2.05) is 12.4 Å². The Morgan fingerprint density at radius 1 is 1.27 bits per heavy atom. The fraction of sp³-hybridized carbons (Fsp3) is 0.294. The maximum Gasteiger partial charge on any atom is 0.155 e. The molecule has 3 aromatic rings. The molecule has 0 spiro atoms. The van der Waals surface area contributed by atoms with Crippen LogP contribution in [0.15, 0.2) is 49.1 Å². The Labute approximate surface area is 129 Å². The standard InChI is InChI=1S/C17H19N5/c1-21-11-13-4-2-3-5-15(13)16(12-21)19-8-14-9-20-17-10-18-6-7-22(14)17/h2-7,9-10,16,19H,8,11-12H2,1H3. The van der Waals surface area contributed by atoms with Crippen molar-refractivity contribution >= 4 is 5.65 Å². The first-order chi connectivity index (χ1) is 10.8. The molecule has 0 aliphatic carbocycles. The Balaban J connectivity index is 1.57. The molecule has 2 aromatic heterocycles. The summed E-state index contributed by atoms with van der Waals surface area (Å²) in [5.41, 5.74) is 4.87. The second-order valence-corrected chi connectivity index (χ2v) is 5.88. The van der Waals surface area contributed by atoms with Crippen molar-refractivity contribution in [2.24, 2.45) is 0 Å². The molecule has 22 heavy (non-hydrogen) atoms. The van der Waals surface area contributed by atoms with Gasteiger partial charge in [-0.2, -0.15) is 0 Å². The number of nitrogens with one attached hydrogen (secondary N) is 1. The van der Waals surface area contributed by atoms with Gasteiger partial charge in [0.15, 0.2) is 5.65 Å². The first kappa shape index (κ1) is 13.4. The van der Waals surface area contributed by atoms with E-state index in [4.69, 9.17) is 0 Å². The Morgan fingerprint density at radius 2 is 2.18 bits per heavy atom. The van der Waals surface area contributed by atoms with Crippen LogP contribution in [0.5, 0.6) is 0 Å². The highest BCUT2D eigenvalue weighted by Gasteiger charge is 2.22. The monoisotopic (exact) mass is 293 g/mol. The topological polar surface area (TPSA) is 45.5 Å².